The van der Waals surface area contributed by atoms with E-state index >= 15 is 0 Å². The number of nitrogens with zero attached hydrogens (tertiary/aromatic N) is 2. The van der Waals surface area contributed by atoms with Gasteiger partial charge in [0.25, 0.3) is 0 Å². The Morgan fingerprint density at radius 1 is 1.24 bits per heavy atom. The maximum Gasteiger partial charge on any atom is 0.414 e. The SMILES string of the molecule is NCc1cccc2ccnn12.O=C(O)C(=O)O. The molecule has 2 aromatic rings. The predicted molar refractivity (Wildman–Crippen MR) is 58.4 cm³/mol. The van der Waals surface area contributed by atoms with Gasteiger partial charge in [-0.1, -0.05) is 6.07 Å². The zero-order valence-corrected chi connectivity index (χ0v) is 8.78. The highest BCUT2D eigenvalue weighted by Crippen LogP contribution is 2.04. The molecule has 0 radical (unpaired) electrons. The van der Waals surface area contributed by atoms with Crippen molar-refractivity contribution >= 4 is 17.5 Å². The van der Waals surface area contributed by atoms with E-state index in [9.17, 15) is 0 Å². The molecule has 7 nitrogen and oxygen atoms in total. The van der Waals surface area contributed by atoms with E-state index in [-0.39, 0.29) is 0 Å². The molecule has 0 atom stereocenters. The minimum Gasteiger partial charge on any atom is -0.473 e. The first kappa shape index (κ1) is 12.7. The van der Waals surface area contributed by atoms with Crippen molar-refractivity contribution in [3.63, 3.8) is 0 Å². The monoisotopic (exact) mass is 237 g/mol. The van der Waals surface area contributed by atoms with Gasteiger partial charge in [-0.3, -0.25) is 0 Å². The first-order chi connectivity index (χ1) is 8.06. The Morgan fingerprint density at radius 3 is 2.41 bits per heavy atom. The molecule has 0 aromatic carbocycles. The smallest absolute Gasteiger partial charge is 0.414 e. The summed E-state index contributed by atoms with van der Waals surface area (Å²) in [6.45, 7) is 0.527. The third kappa shape index (κ3) is 3.28. The van der Waals surface area contributed by atoms with Crippen LogP contribution in [-0.2, 0) is 16.1 Å². The largest absolute Gasteiger partial charge is 0.473 e. The van der Waals surface area contributed by atoms with Gasteiger partial charge in [0.2, 0.25) is 0 Å². The summed E-state index contributed by atoms with van der Waals surface area (Å²) >= 11 is 0. The quantitative estimate of drug-likeness (QED) is 0.598. The average molecular weight is 237 g/mol. The fourth-order valence-electron chi connectivity index (χ4n) is 1.16. The van der Waals surface area contributed by atoms with E-state index in [1.165, 1.54) is 0 Å². The summed E-state index contributed by atoms with van der Waals surface area (Å²) in [5.74, 6) is -3.65. The first-order valence-electron chi connectivity index (χ1n) is 4.64. The Hall–Kier alpha value is -2.41. The maximum atomic E-state index is 9.10. The van der Waals surface area contributed by atoms with Crippen molar-refractivity contribution in [3.05, 3.63) is 36.2 Å². The molecule has 2 aromatic heterocycles. The maximum absolute atomic E-state index is 9.10. The van der Waals surface area contributed by atoms with Crippen molar-refractivity contribution < 1.29 is 19.8 Å². The molecular formula is C10H11N3O4. The van der Waals surface area contributed by atoms with E-state index in [1.54, 1.807) is 6.20 Å². The lowest BCUT2D eigenvalue weighted by Gasteiger charge is -1.99. The summed E-state index contributed by atoms with van der Waals surface area (Å²) in [5, 5.41) is 18.9. The van der Waals surface area contributed by atoms with E-state index in [4.69, 9.17) is 25.5 Å². The van der Waals surface area contributed by atoms with Gasteiger partial charge in [0.15, 0.2) is 0 Å². The number of hydrogen-bond acceptors (Lipinski definition) is 4. The number of pyridine rings is 1. The minimum absolute atomic E-state index is 0.527. The van der Waals surface area contributed by atoms with Crippen LogP contribution in [0.1, 0.15) is 5.69 Å². The Labute approximate surface area is 96.1 Å². The highest BCUT2D eigenvalue weighted by atomic mass is 16.4. The number of carboxylic acid groups (broad SMARTS) is 2. The number of aliphatic carboxylic acids is 2. The number of rotatable bonds is 1. The van der Waals surface area contributed by atoms with Crippen LogP contribution in [0.3, 0.4) is 0 Å². The number of carboxylic acids is 2. The molecule has 2 rings (SSSR count). The summed E-state index contributed by atoms with van der Waals surface area (Å²) in [6, 6.07) is 7.92. The second kappa shape index (κ2) is 5.61. The van der Waals surface area contributed by atoms with Crippen LogP contribution in [-0.4, -0.2) is 31.8 Å². The second-order valence-electron chi connectivity index (χ2n) is 3.00. The van der Waals surface area contributed by atoms with E-state index in [2.05, 4.69) is 5.10 Å². The highest BCUT2D eigenvalue weighted by molar-refractivity contribution is 6.27. The topological polar surface area (TPSA) is 118 Å². The Balaban J connectivity index is 0.000000209. The molecule has 0 spiro atoms. The molecule has 2 heterocycles. The minimum atomic E-state index is -1.82. The standard InChI is InChI=1S/C8H9N3.C2H2O4/c9-6-8-3-1-2-7-4-5-10-11(7)8;3-1(4)2(5)6/h1-5H,6,9H2;(H,3,4)(H,5,6). The Bertz CT molecular complexity index is 523. The molecule has 0 aliphatic carbocycles. The van der Waals surface area contributed by atoms with E-state index in [0.717, 1.165) is 11.2 Å². The van der Waals surface area contributed by atoms with Gasteiger partial charge in [-0.15, -0.1) is 0 Å². The van der Waals surface area contributed by atoms with Crippen molar-refractivity contribution in [1.29, 1.82) is 0 Å². The molecule has 0 aliphatic heterocycles. The third-order valence-corrected chi connectivity index (χ3v) is 1.89. The van der Waals surface area contributed by atoms with Gasteiger partial charge in [-0.05, 0) is 18.2 Å². The van der Waals surface area contributed by atoms with E-state index in [1.807, 2.05) is 28.8 Å². The molecule has 4 N–H and O–H groups in total. The van der Waals surface area contributed by atoms with Crippen LogP contribution < -0.4 is 5.73 Å². The molecule has 7 heteroatoms. The van der Waals surface area contributed by atoms with Crippen LogP contribution >= 0.6 is 0 Å². The van der Waals surface area contributed by atoms with Gasteiger partial charge >= 0.3 is 11.9 Å². The van der Waals surface area contributed by atoms with Crippen molar-refractivity contribution in [3.8, 4) is 0 Å². The molecule has 0 aliphatic rings. The molecular weight excluding hydrogens is 226 g/mol. The van der Waals surface area contributed by atoms with Crippen LogP contribution in [0.15, 0.2) is 30.5 Å². The van der Waals surface area contributed by atoms with Crippen molar-refractivity contribution in [2.24, 2.45) is 5.73 Å². The van der Waals surface area contributed by atoms with Gasteiger partial charge in [0, 0.05) is 12.7 Å². The summed E-state index contributed by atoms with van der Waals surface area (Å²) in [7, 11) is 0. The lowest BCUT2D eigenvalue weighted by atomic mass is 10.3. The van der Waals surface area contributed by atoms with Gasteiger partial charge < -0.3 is 15.9 Å². The van der Waals surface area contributed by atoms with Gasteiger partial charge in [-0.2, -0.15) is 5.10 Å². The van der Waals surface area contributed by atoms with Crippen molar-refractivity contribution in [2.45, 2.75) is 6.54 Å². The fourth-order valence-corrected chi connectivity index (χ4v) is 1.16. The van der Waals surface area contributed by atoms with E-state index in [0.29, 0.717) is 6.54 Å². The average Bonchev–Trinajstić information content (AvgIpc) is 2.77. The number of carbonyl (C=O) groups is 2. The van der Waals surface area contributed by atoms with E-state index < -0.39 is 11.9 Å². The van der Waals surface area contributed by atoms with Gasteiger partial charge in [0.1, 0.15) is 0 Å². The van der Waals surface area contributed by atoms with Crippen LogP contribution in [0.2, 0.25) is 0 Å². The van der Waals surface area contributed by atoms with Crippen LogP contribution in [0.25, 0.3) is 5.52 Å². The van der Waals surface area contributed by atoms with Crippen LogP contribution in [0, 0.1) is 0 Å². The summed E-state index contributed by atoms with van der Waals surface area (Å²) in [6.07, 6.45) is 1.77. The molecule has 0 amide bonds. The van der Waals surface area contributed by atoms with Crippen LogP contribution in [0.4, 0.5) is 0 Å². The molecule has 17 heavy (non-hydrogen) atoms. The van der Waals surface area contributed by atoms with Gasteiger partial charge in [0.05, 0.1) is 11.2 Å². The summed E-state index contributed by atoms with van der Waals surface area (Å²) in [4.78, 5) is 18.2. The molecule has 90 valence electrons. The van der Waals surface area contributed by atoms with Crippen LogP contribution in [0.5, 0.6) is 0 Å². The number of fused-ring (bicyclic) bond motifs is 1. The highest BCUT2D eigenvalue weighted by Gasteiger charge is 2.04. The van der Waals surface area contributed by atoms with Crippen molar-refractivity contribution in [1.82, 2.24) is 9.61 Å². The second-order valence-corrected chi connectivity index (χ2v) is 3.00. The van der Waals surface area contributed by atoms with Crippen molar-refractivity contribution in [2.75, 3.05) is 0 Å². The first-order valence-corrected chi connectivity index (χ1v) is 4.64. The zero-order chi connectivity index (χ0) is 12.8. The Kier molecular flexibility index (Phi) is 4.18. The van der Waals surface area contributed by atoms with Gasteiger partial charge in [-0.25, -0.2) is 14.1 Å². The normalized spacial score (nSPS) is 9.47. The summed E-state index contributed by atoms with van der Waals surface area (Å²) in [5.41, 5.74) is 7.64. The third-order valence-electron chi connectivity index (χ3n) is 1.89. The molecule has 0 unspecified atom stereocenters. The lowest BCUT2D eigenvalue weighted by molar-refractivity contribution is -0.159. The molecule has 0 saturated carbocycles. The number of aromatic nitrogens is 2. The number of nitrogens with two attached hydrogens (primary N) is 1. The lowest BCUT2D eigenvalue weighted by Crippen LogP contribution is -2.09. The zero-order valence-electron chi connectivity index (χ0n) is 8.78. The molecule has 0 saturated heterocycles. The molecule has 0 fully saturated rings. The Morgan fingerprint density at radius 2 is 1.88 bits per heavy atom. The molecule has 0 bridgehead atoms. The number of hydrogen-bond donors (Lipinski definition) is 3. The fraction of sp³-hybridized carbons (Fsp3) is 0.100. The predicted octanol–water partition coefficient (Wildman–Crippen LogP) is -0.0514. The summed E-state index contributed by atoms with van der Waals surface area (Å²) < 4.78 is 1.85.